The van der Waals surface area contributed by atoms with Crippen LogP contribution in [0, 0.1) is 0 Å². The summed E-state index contributed by atoms with van der Waals surface area (Å²) < 4.78 is 0. The molecule has 1 fully saturated rings. The Kier molecular flexibility index (Phi) is 9.36. The Labute approximate surface area is 196 Å². The molecule has 1 aliphatic heterocycles. The fraction of sp³-hybridized carbons (Fsp3) is 0.500. The van der Waals surface area contributed by atoms with Crippen LogP contribution >= 0.6 is 0 Å². The molecule has 0 radical (unpaired) electrons. The van der Waals surface area contributed by atoms with Gasteiger partial charge in [0.1, 0.15) is 23.9 Å². The lowest BCUT2D eigenvalue weighted by Gasteiger charge is -2.29. The molecule has 0 spiro atoms. The fourth-order valence-corrected chi connectivity index (χ4v) is 3.67. The zero-order valence-electron chi connectivity index (χ0n) is 18.8. The minimum absolute atomic E-state index is 0.0216. The van der Waals surface area contributed by atoms with Gasteiger partial charge in [-0.2, -0.15) is 0 Å². The first-order valence-electron chi connectivity index (χ1n) is 10.9. The highest BCUT2D eigenvalue weighted by Crippen LogP contribution is 2.20. The molecule has 4 unspecified atom stereocenters. The summed E-state index contributed by atoms with van der Waals surface area (Å²) in [5.74, 6) is -4.31. The molecule has 0 aliphatic carbocycles. The van der Waals surface area contributed by atoms with Crippen molar-refractivity contribution in [2.75, 3.05) is 6.54 Å². The number of nitrogens with one attached hydrogen (secondary N) is 2. The highest BCUT2D eigenvalue weighted by Gasteiger charge is 2.39. The third-order valence-corrected chi connectivity index (χ3v) is 5.50. The number of benzene rings is 1. The fourth-order valence-electron chi connectivity index (χ4n) is 3.67. The van der Waals surface area contributed by atoms with Gasteiger partial charge in [0.05, 0.1) is 6.04 Å². The summed E-state index contributed by atoms with van der Waals surface area (Å²) in [7, 11) is 0. The Hall–Kier alpha value is -3.67. The number of carboxylic acids is 2. The van der Waals surface area contributed by atoms with E-state index in [0.29, 0.717) is 12.0 Å². The Morgan fingerprint density at radius 3 is 2.29 bits per heavy atom. The molecule has 3 amide bonds. The van der Waals surface area contributed by atoms with Crippen LogP contribution in [0.1, 0.15) is 38.2 Å². The Morgan fingerprint density at radius 2 is 1.74 bits per heavy atom. The maximum Gasteiger partial charge on any atom is 0.326 e. The summed E-state index contributed by atoms with van der Waals surface area (Å²) in [5.41, 5.74) is 6.12. The molecule has 1 aromatic carbocycles. The van der Waals surface area contributed by atoms with Gasteiger partial charge in [-0.25, -0.2) is 4.79 Å². The summed E-state index contributed by atoms with van der Waals surface area (Å²) in [6.45, 7) is 1.62. The first kappa shape index (κ1) is 26.6. The van der Waals surface area contributed by atoms with Gasteiger partial charge in [0.2, 0.25) is 17.7 Å². The van der Waals surface area contributed by atoms with Gasteiger partial charge in [-0.1, -0.05) is 12.1 Å². The molecule has 1 aliphatic rings. The number of aliphatic carboxylic acids is 2. The average molecular weight is 479 g/mol. The topological polar surface area (TPSA) is 199 Å². The molecule has 1 aromatic rings. The van der Waals surface area contributed by atoms with Gasteiger partial charge in [0.15, 0.2) is 0 Å². The molecule has 0 saturated carbocycles. The van der Waals surface area contributed by atoms with Gasteiger partial charge >= 0.3 is 11.9 Å². The number of carbonyl (C=O) groups excluding carboxylic acids is 3. The van der Waals surface area contributed by atoms with Gasteiger partial charge in [0, 0.05) is 19.4 Å². The van der Waals surface area contributed by atoms with Crippen molar-refractivity contribution in [3.63, 3.8) is 0 Å². The lowest BCUT2D eigenvalue weighted by atomic mass is 10.0. The van der Waals surface area contributed by atoms with E-state index in [4.69, 9.17) is 10.8 Å². The summed E-state index contributed by atoms with van der Waals surface area (Å²) >= 11 is 0. The highest BCUT2D eigenvalue weighted by molar-refractivity contribution is 5.94. The van der Waals surface area contributed by atoms with Crippen molar-refractivity contribution in [1.29, 1.82) is 0 Å². The van der Waals surface area contributed by atoms with E-state index in [0.717, 1.165) is 0 Å². The largest absolute Gasteiger partial charge is 0.508 e. The number of rotatable bonds is 11. The van der Waals surface area contributed by atoms with Crippen LogP contribution in [0.25, 0.3) is 0 Å². The second-order valence-corrected chi connectivity index (χ2v) is 8.24. The number of nitrogens with two attached hydrogens (primary N) is 1. The van der Waals surface area contributed by atoms with Crippen LogP contribution in [-0.2, 0) is 30.4 Å². The molecule has 0 bridgehead atoms. The smallest absolute Gasteiger partial charge is 0.326 e. The summed E-state index contributed by atoms with van der Waals surface area (Å²) in [4.78, 5) is 62.0. The minimum Gasteiger partial charge on any atom is -0.508 e. The van der Waals surface area contributed by atoms with Crippen molar-refractivity contribution in [2.45, 2.75) is 63.2 Å². The predicted molar refractivity (Wildman–Crippen MR) is 119 cm³/mol. The van der Waals surface area contributed by atoms with Crippen LogP contribution < -0.4 is 16.4 Å². The van der Waals surface area contributed by atoms with Gasteiger partial charge in [0.25, 0.3) is 0 Å². The summed E-state index contributed by atoms with van der Waals surface area (Å²) in [6.07, 6.45) is 0.167. The van der Waals surface area contributed by atoms with Gasteiger partial charge in [-0.05, 0) is 43.9 Å². The predicted octanol–water partition coefficient (Wildman–Crippen LogP) is -0.808. The Bertz CT molecular complexity index is 918. The monoisotopic (exact) mass is 478 g/mol. The van der Waals surface area contributed by atoms with Crippen molar-refractivity contribution in [1.82, 2.24) is 15.5 Å². The van der Waals surface area contributed by atoms with E-state index in [1.165, 1.54) is 36.1 Å². The van der Waals surface area contributed by atoms with Crippen molar-refractivity contribution in [2.24, 2.45) is 5.73 Å². The van der Waals surface area contributed by atoms with Crippen molar-refractivity contribution in [3.8, 4) is 5.75 Å². The van der Waals surface area contributed by atoms with E-state index in [1.54, 1.807) is 0 Å². The third-order valence-electron chi connectivity index (χ3n) is 5.50. The maximum absolute atomic E-state index is 13.1. The number of carboxylic acid groups (broad SMARTS) is 2. The van der Waals surface area contributed by atoms with Crippen LogP contribution in [0.3, 0.4) is 0 Å². The van der Waals surface area contributed by atoms with E-state index < -0.39 is 53.8 Å². The second-order valence-electron chi connectivity index (χ2n) is 8.24. The molecule has 34 heavy (non-hydrogen) atoms. The maximum atomic E-state index is 13.1. The Balaban J connectivity index is 2.13. The molecular weight excluding hydrogens is 448 g/mol. The SMILES string of the molecule is CC(N)C(=O)NC(CCC(=O)O)C(=O)N1CCCC1C(=O)NC(Cc1ccc(O)cc1)C(=O)O. The number of nitrogens with zero attached hydrogens (tertiary/aromatic N) is 1. The van der Waals surface area contributed by atoms with Crippen LogP contribution in [0.4, 0.5) is 0 Å². The number of aromatic hydroxyl groups is 1. The summed E-state index contributed by atoms with van der Waals surface area (Å²) in [6, 6.07) is 1.55. The van der Waals surface area contributed by atoms with Gasteiger partial charge < -0.3 is 36.6 Å². The normalized spacial score (nSPS) is 17.9. The van der Waals surface area contributed by atoms with E-state index in [9.17, 15) is 34.2 Å². The standard InChI is InChI=1S/C22H30N4O8/c1-12(23)19(30)24-15(8-9-18(28)29)21(32)26-10-2-3-17(26)20(31)25-16(22(33)34)11-13-4-6-14(27)7-5-13/h4-7,12,15-17,27H,2-3,8-11,23H2,1H3,(H,24,30)(H,25,31)(H,28,29)(H,33,34). The number of amides is 3. The average Bonchev–Trinajstić information content (AvgIpc) is 3.26. The first-order chi connectivity index (χ1) is 16.0. The lowest BCUT2D eigenvalue weighted by Crippen LogP contribution is -2.56. The number of phenols is 1. The molecule has 7 N–H and O–H groups in total. The Morgan fingerprint density at radius 1 is 1.09 bits per heavy atom. The number of carbonyl (C=O) groups is 5. The van der Waals surface area contributed by atoms with Crippen LogP contribution in [0.5, 0.6) is 5.75 Å². The van der Waals surface area contributed by atoms with Crippen LogP contribution in [0.2, 0.25) is 0 Å². The minimum atomic E-state index is -1.27. The van der Waals surface area contributed by atoms with Gasteiger partial charge in [-0.3, -0.25) is 19.2 Å². The molecular formula is C22H30N4O8. The molecule has 12 heteroatoms. The third kappa shape index (κ3) is 7.44. The van der Waals surface area contributed by atoms with Crippen LogP contribution in [0.15, 0.2) is 24.3 Å². The number of hydrogen-bond acceptors (Lipinski definition) is 7. The number of likely N-dealkylation sites (tertiary alicyclic amines) is 1. The molecule has 4 atom stereocenters. The van der Waals surface area contributed by atoms with E-state index in [2.05, 4.69) is 10.6 Å². The van der Waals surface area contributed by atoms with Crippen LogP contribution in [-0.4, -0.2) is 80.6 Å². The zero-order chi connectivity index (χ0) is 25.4. The van der Waals surface area contributed by atoms with Crippen molar-refractivity contribution < 1.29 is 39.3 Å². The molecule has 2 rings (SSSR count). The molecule has 1 heterocycles. The molecule has 186 valence electrons. The highest BCUT2D eigenvalue weighted by atomic mass is 16.4. The van der Waals surface area contributed by atoms with Gasteiger partial charge in [-0.15, -0.1) is 0 Å². The van der Waals surface area contributed by atoms with E-state index >= 15 is 0 Å². The molecule has 12 nitrogen and oxygen atoms in total. The van der Waals surface area contributed by atoms with E-state index in [1.807, 2.05) is 0 Å². The molecule has 1 saturated heterocycles. The first-order valence-corrected chi connectivity index (χ1v) is 10.9. The number of hydrogen-bond donors (Lipinski definition) is 6. The zero-order valence-corrected chi connectivity index (χ0v) is 18.8. The van der Waals surface area contributed by atoms with Crippen molar-refractivity contribution in [3.05, 3.63) is 29.8 Å². The molecule has 0 aromatic heterocycles. The summed E-state index contributed by atoms with van der Waals surface area (Å²) in [5, 5.41) is 32.8. The quantitative estimate of drug-likeness (QED) is 0.235. The lowest BCUT2D eigenvalue weighted by molar-refractivity contribution is -0.145. The number of phenolic OH excluding ortho intramolecular Hbond substituents is 1. The second kappa shape index (κ2) is 12.0. The van der Waals surface area contributed by atoms with Crippen molar-refractivity contribution >= 4 is 29.7 Å². The van der Waals surface area contributed by atoms with E-state index in [-0.39, 0.29) is 38.0 Å².